The summed E-state index contributed by atoms with van der Waals surface area (Å²) in [4.78, 5) is 37.0. The number of fused-ring (bicyclic) bond motifs is 1. The maximum absolute atomic E-state index is 12.4. The molecule has 5 nitrogen and oxygen atoms in total. The molecule has 1 aliphatic rings. The normalized spacial score (nSPS) is 14.6. The molecule has 0 unspecified atom stereocenters. The van der Waals surface area contributed by atoms with Crippen LogP contribution in [0.2, 0.25) is 0 Å². The molecule has 2 N–H and O–H groups in total. The van der Waals surface area contributed by atoms with E-state index in [1.54, 1.807) is 24.3 Å². The van der Waals surface area contributed by atoms with Crippen LogP contribution in [-0.2, 0) is 6.42 Å². The summed E-state index contributed by atoms with van der Waals surface area (Å²) >= 11 is 0. The number of hydrogen-bond donors (Lipinski definition) is 1. The van der Waals surface area contributed by atoms with Crippen molar-refractivity contribution >= 4 is 18.1 Å². The van der Waals surface area contributed by atoms with E-state index in [-0.39, 0.29) is 24.4 Å². The molecule has 1 atom stereocenters. The van der Waals surface area contributed by atoms with E-state index in [9.17, 15) is 14.4 Å². The monoisotopic (exact) mass is 336 g/mol. The number of benzene rings is 2. The minimum Gasteiger partial charge on any atom is -0.326 e. The number of hydrogen-bond acceptors (Lipinski definition) is 4. The number of nitrogens with two attached hydrogens (primary N) is 1. The molecule has 0 aliphatic carbocycles. The minimum atomic E-state index is -0.373. The Morgan fingerprint density at radius 1 is 1.04 bits per heavy atom. The second-order valence-electron chi connectivity index (χ2n) is 6.48. The molecule has 25 heavy (non-hydrogen) atoms. The van der Waals surface area contributed by atoms with E-state index >= 15 is 0 Å². The van der Waals surface area contributed by atoms with Crippen LogP contribution in [0, 0.1) is 13.8 Å². The van der Waals surface area contributed by atoms with Crippen LogP contribution in [0.1, 0.15) is 47.8 Å². The molecule has 0 bridgehead atoms. The van der Waals surface area contributed by atoms with Gasteiger partial charge in [-0.15, -0.1) is 0 Å². The molecule has 0 spiro atoms. The highest BCUT2D eigenvalue weighted by Crippen LogP contribution is 2.23. The van der Waals surface area contributed by atoms with Crippen molar-refractivity contribution in [3.8, 4) is 0 Å². The number of amides is 2. The smallest absolute Gasteiger partial charge is 0.261 e. The summed E-state index contributed by atoms with van der Waals surface area (Å²) < 4.78 is 0. The Labute approximate surface area is 146 Å². The molecule has 2 aromatic rings. The van der Waals surface area contributed by atoms with Gasteiger partial charge in [0.15, 0.2) is 0 Å². The van der Waals surface area contributed by atoms with E-state index in [2.05, 4.69) is 0 Å². The molecular weight excluding hydrogens is 316 g/mol. The van der Waals surface area contributed by atoms with Crippen molar-refractivity contribution in [1.29, 1.82) is 0 Å². The Kier molecular flexibility index (Phi) is 4.51. The Balaban J connectivity index is 1.76. The topological polar surface area (TPSA) is 80.5 Å². The first-order valence-corrected chi connectivity index (χ1v) is 8.18. The molecule has 5 heteroatoms. The quantitative estimate of drug-likeness (QED) is 0.671. The average molecular weight is 336 g/mol. The summed E-state index contributed by atoms with van der Waals surface area (Å²) in [6.07, 6.45) is 1.35. The molecule has 2 amide bonds. The van der Waals surface area contributed by atoms with Crippen LogP contribution in [0.4, 0.5) is 0 Å². The fraction of sp³-hybridized carbons (Fsp3) is 0.250. The third-order valence-corrected chi connectivity index (χ3v) is 4.62. The Morgan fingerprint density at radius 3 is 2.04 bits per heavy atom. The molecule has 3 rings (SSSR count). The summed E-state index contributed by atoms with van der Waals surface area (Å²) in [6, 6.07) is 10.1. The third-order valence-electron chi connectivity index (χ3n) is 4.62. The van der Waals surface area contributed by atoms with Crippen LogP contribution >= 0.6 is 0 Å². The van der Waals surface area contributed by atoms with Crippen LogP contribution in [0.15, 0.2) is 36.4 Å². The number of carbonyl (C=O) groups excluding carboxylic acids is 3. The molecule has 0 saturated carbocycles. The molecule has 128 valence electrons. The van der Waals surface area contributed by atoms with Gasteiger partial charge in [0, 0.05) is 18.2 Å². The second kappa shape index (κ2) is 6.61. The van der Waals surface area contributed by atoms with Crippen LogP contribution in [0.5, 0.6) is 0 Å². The molecular formula is C20H20N2O3. The average Bonchev–Trinajstić information content (AvgIpc) is 2.83. The van der Waals surface area contributed by atoms with Crippen molar-refractivity contribution < 1.29 is 14.4 Å². The number of rotatable bonds is 5. The summed E-state index contributed by atoms with van der Waals surface area (Å²) in [6.45, 7) is 4.04. The number of imide groups is 1. The van der Waals surface area contributed by atoms with E-state index in [1.165, 1.54) is 4.90 Å². The molecule has 1 heterocycles. The number of nitrogens with zero attached hydrogens (tertiary/aromatic N) is 1. The summed E-state index contributed by atoms with van der Waals surface area (Å²) in [5.41, 5.74) is 10.8. The third kappa shape index (κ3) is 3.10. The van der Waals surface area contributed by atoms with Gasteiger partial charge < -0.3 is 5.73 Å². The molecule has 1 aliphatic heterocycles. The van der Waals surface area contributed by atoms with Gasteiger partial charge in [-0.2, -0.15) is 0 Å². The van der Waals surface area contributed by atoms with Crippen LogP contribution in [-0.4, -0.2) is 35.6 Å². The fourth-order valence-electron chi connectivity index (χ4n) is 3.38. The number of carbonyl (C=O) groups is 3. The zero-order chi connectivity index (χ0) is 18.1. The first kappa shape index (κ1) is 17.0. The van der Waals surface area contributed by atoms with Crippen molar-refractivity contribution in [3.63, 3.8) is 0 Å². The molecule has 0 radical (unpaired) electrons. The Bertz CT molecular complexity index is 815. The van der Waals surface area contributed by atoms with Gasteiger partial charge in [0.05, 0.1) is 11.1 Å². The molecule has 0 saturated heterocycles. The van der Waals surface area contributed by atoms with Crippen LogP contribution in [0.25, 0.3) is 0 Å². The van der Waals surface area contributed by atoms with Gasteiger partial charge in [0.25, 0.3) is 11.8 Å². The van der Waals surface area contributed by atoms with Crippen molar-refractivity contribution in [3.05, 3.63) is 69.8 Å². The van der Waals surface area contributed by atoms with Crippen LogP contribution < -0.4 is 5.73 Å². The highest BCUT2D eigenvalue weighted by atomic mass is 16.2. The zero-order valence-corrected chi connectivity index (χ0v) is 14.3. The van der Waals surface area contributed by atoms with E-state index < -0.39 is 0 Å². The van der Waals surface area contributed by atoms with Gasteiger partial charge in [0.2, 0.25) is 0 Å². The van der Waals surface area contributed by atoms with Gasteiger partial charge in [-0.25, -0.2) is 0 Å². The van der Waals surface area contributed by atoms with Gasteiger partial charge in [-0.1, -0.05) is 12.1 Å². The maximum Gasteiger partial charge on any atom is 0.261 e. The van der Waals surface area contributed by atoms with E-state index in [1.807, 2.05) is 26.0 Å². The first-order chi connectivity index (χ1) is 11.9. The summed E-state index contributed by atoms with van der Waals surface area (Å²) in [5, 5.41) is 0. The van der Waals surface area contributed by atoms with E-state index in [0.29, 0.717) is 23.1 Å². The van der Waals surface area contributed by atoms with Crippen molar-refractivity contribution in [1.82, 2.24) is 4.90 Å². The predicted octanol–water partition coefficient (Wildman–Crippen LogP) is 2.28. The lowest BCUT2D eigenvalue weighted by molar-refractivity contribution is 0.0644. The standard InChI is InChI=1S/C20H20N2O3/c1-12-7-14(11-23)8-13(2)18(12)9-15(21)10-22-19(24)16-5-3-4-6-17(16)20(22)25/h3-8,11,15H,9-10,21H2,1-2H3/t15-/m0/s1. The van der Waals surface area contributed by atoms with Crippen molar-refractivity contribution in [2.45, 2.75) is 26.3 Å². The SMILES string of the molecule is Cc1cc(C=O)cc(C)c1C[C@H](N)CN1C(=O)c2ccccc2C1=O. The lowest BCUT2D eigenvalue weighted by Crippen LogP contribution is -2.42. The highest BCUT2D eigenvalue weighted by molar-refractivity contribution is 6.21. The van der Waals surface area contributed by atoms with Gasteiger partial charge in [-0.3, -0.25) is 19.3 Å². The zero-order valence-electron chi connectivity index (χ0n) is 14.3. The van der Waals surface area contributed by atoms with Crippen molar-refractivity contribution in [2.24, 2.45) is 5.73 Å². The largest absolute Gasteiger partial charge is 0.326 e. The molecule has 0 fully saturated rings. The molecule has 0 aromatic heterocycles. The highest BCUT2D eigenvalue weighted by Gasteiger charge is 2.35. The minimum absolute atomic E-state index is 0.167. The maximum atomic E-state index is 12.4. The Hall–Kier alpha value is -2.79. The van der Waals surface area contributed by atoms with E-state index in [4.69, 9.17) is 5.73 Å². The van der Waals surface area contributed by atoms with Gasteiger partial charge in [-0.05, 0) is 61.2 Å². The fourth-order valence-corrected chi connectivity index (χ4v) is 3.38. The van der Waals surface area contributed by atoms with Gasteiger partial charge in [0.1, 0.15) is 6.29 Å². The van der Waals surface area contributed by atoms with E-state index in [0.717, 1.165) is 23.0 Å². The lowest BCUT2D eigenvalue weighted by Gasteiger charge is -2.21. The number of aldehydes is 1. The summed E-state index contributed by atoms with van der Waals surface area (Å²) in [5.74, 6) is -0.582. The Morgan fingerprint density at radius 2 is 1.56 bits per heavy atom. The van der Waals surface area contributed by atoms with Crippen molar-refractivity contribution in [2.75, 3.05) is 6.54 Å². The predicted molar refractivity (Wildman–Crippen MR) is 94.8 cm³/mol. The van der Waals surface area contributed by atoms with Gasteiger partial charge >= 0.3 is 0 Å². The lowest BCUT2D eigenvalue weighted by atomic mass is 9.94. The summed E-state index contributed by atoms with van der Waals surface area (Å²) in [7, 11) is 0. The molecule has 2 aromatic carbocycles. The second-order valence-corrected chi connectivity index (χ2v) is 6.48. The van der Waals surface area contributed by atoms with Crippen LogP contribution in [0.3, 0.4) is 0 Å². The number of aryl methyl sites for hydroxylation is 2. The first-order valence-electron chi connectivity index (χ1n) is 8.18.